The zero-order chi connectivity index (χ0) is 13.5. The molecule has 1 aromatic rings. The zero-order valence-electron chi connectivity index (χ0n) is 11.0. The first kappa shape index (κ1) is 13.5. The molecule has 0 fully saturated rings. The van der Waals surface area contributed by atoms with E-state index in [9.17, 15) is 4.79 Å². The van der Waals surface area contributed by atoms with Gasteiger partial charge in [-0.05, 0) is 37.3 Å². The maximum absolute atomic E-state index is 11.7. The molecule has 2 rings (SSSR count). The van der Waals surface area contributed by atoms with Crippen LogP contribution in [0, 0.1) is 5.92 Å². The van der Waals surface area contributed by atoms with Crippen molar-refractivity contribution in [2.75, 3.05) is 18.9 Å². The predicted octanol–water partition coefficient (Wildman–Crippen LogP) is 2.12. The molecule has 1 atom stereocenters. The monoisotopic (exact) mass is 260 g/mol. The summed E-state index contributed by atoms with van der Waals surface area (Å²) in [5.74, 6) is 1.09. The van der Waals surface area contributed by atoms with E-state index in [0.717, 1.165) is 25.8 Å². The van der Waals surface area contributed by atoms with Crippen LogP contribution >= 0.6 is 0 Å². The van der Waals surface area contributed by atoms with Gasteiger partial charge in [-0.15, -0.1) is 0 Å². The number of hydrogen-bond acceptors (Lipinski definition) is 3. The molecule has 1 aliphatic carbocycles. The first-order valence-electron chi connectivity index (χ1n) is 6.64. The van der Waals surface area contributed by atoms with Gasteiger partial charge in [0.25, 0.3) is 5.91 Å². The number of nitrogens with one attached hydrogen (secondary N) is 1. The van der Waals surface area contributed by atoms with E-state index in [1.807, 2.05) is 0 Å². The van der Waals surface area contributed by atoms with Crippen LogP contribution in [0.5, 0.6) is 5.75 Å². The molecule has 4 heteroatoms. The average Bonchev–Trinajstić information content (AvgIpc) is 2.44. The molecule has 102 valence electrons. The highest BCUT2D eigenvalue weighted by atomic mass is 16.5. The van der Waals surface area contributed by atoms with E-state index >= 15 is 0 Å². The number of nitrogens with two attached hydrogens (primary N) is 1. The summed E-state index contributed by atoms with van der Waals surface area (Å²) in [5, 5.41) is 2.91. The van der Waals surface area contributed by atoms with Crippen LogP contribution < -0.4 is 15.8 Å². The molecule has 1 aromatic carbocycles. The van der Waals surface area contributed by atoms with Crippen molar-refractivity contribution >= 4 is 11.6 Å². The average molecular weight is 260 g/mol. The normalized spacial score (nSPS) is 18.0. The molecule has 0 saturated heterocycles. The minimum atomic E-state index is -0.0861. The number of hydrogen-bond donors (Lipinski definition) is 2. The minimum absolute atomic E-state index is 0.0337. The van der Waals surface area contributed by atoms with Crippen molar-refractivity contribution in [3.63, 3.8) is 0 Å². The van der Waals surface area contributed by atoms with Gasteiger partial charge in [0, 0.05) is 18.3 Å². The van der Waals surface area contributed by atoms with Gasteiger partial charge in [0.05, 0.1) is 0 Å². The van der Waals surface area contributed by atoms with E-state index in [0.29, 0.717) is 17.4 Å². The Morgan fingerprint density at radius 3 is 3.05 bits per heavy atom. The highest BCUT2D eigenvalue weighted by Crippen LogP contribution is 2.17. The number of ether oxygens (including phenoxy) is 1. The third kappa shape index (κ3) is 4.66. The Bertz CT molecular complexity index is 457. The molecule has 1 aliphatic rings. The van der Waals surface area contributed by atoms with Crippen LogP contribution in [0.1, 0.15) is 19.3 Å². The first-order chi connectivity index (χ1) is 9.24. The molecule has 19 heavy (non-hydrogen) atoms. The molecule has 1 unspecified atom stereocenters. The number of amides is 1. The van der Waals surface area contributed by atoms with Gasteiger partial charge in [-0.25, -0.2) is 0 Å². The number of carbonyl (C=O) groups is 1. The fourth-order valence-corrected chi connectivity index (χ4v) is 2.10. The van der Waals surface area contributed by atoms with E-state index in [2.05, 4.69) is 17.5 Å². The lowest BCUT2D eigenvalue weighted by atomic mass is 9.94. The summed E-state index contributed by atoms with van der Waals surface area (Å²) in [5.41, 5.74) is 6.27. The summed E-state index contributed by atoms with van der Waals surface area (Å²) in [7, 11) is 0. The fourth-order valence-electron chi connectivity index (χ4n) is 2.10. The highest BCUT2D eigenvalue weighted by molar-refractivity contribution is 5.77. The molecule has 0 radical (unpaired) electrons. The second-order valence-electron chi connectivity index (χ2n) is 4.82. The van der Waals surface area contributed by atoms with Crippen molar-refractivity contribution in [3.05, 3.63) is 36.4 Å². The Labute approximate surface area is 113 Å². The van der Waals surface area contributed by atoms with Crippen LogP contribution in [0.4, 0.5) is 5.69 Å². The molecule has 0 saturated carbocycles. The van der Waals surface area contributed by atoms with Crippen molar-refractivity contribution in [2.45, 2.75) is 19.3 Å². The number of rotatable bonds is 5. The first-order valence-corrected chi connectivity index (χ1v) is 6.64. The second-order valence-corrected chi connectivity index (χ2v) is 4.82. The molecular formula is C15H20N2O2. The lowest BCUT2D eigenvalue weighted by Crippen LogP contribution is -2.33. The second kappa shape index (κ2) is 6.83. The molecule has 0 heterocycles. The third-order valence-electron chi connectivity index (χ3n) is 3.19. The molecule has 0 bridgehead atoms. The van der Waals surface area contributed by atoms with Gasteiger partial charge in [0.2, 0.25) is 0 Å². The maximum Gasteiger partial charge on any atom is 0.257 e. The van der Waals surface area contributed by atoms with Gasteiger partial charge in [0.15, 0.2) is 6.61 Å². The Morgan fingerprint density at radius 2 is 2.32 bits per heavy atom. The van der Waals surface area contributed by atoms with Crippen LogP contribution in [0.25, 0.3) is 0 Å². The van der Waals surface area contributed by atoms with E-state index in [1.54, 1.807) is 24.3 Å². The smallest absolute Gasteiger partial charge is 0.257 e. The lowest BCUT2D eigenvalue weighted by molar-refractivity contribution is -0.123. The van der Waals surface area contributed by atoms with Crippen LogP contribution in [-0.2, 0) is 4.79 Å². The number of anilines is 1. The molecule has 0 aromatic heterocycles. The molecular weight excluding hydrogens is 240 g/mol. The van der Waals surface area contributed by atoms with Crippen LogP contribution in [0.3, 0.4) is 0 Å². The Balaban J connectivity index is 1.68. The largest absolute Gasteiger partial charge is 0.484 e. The molecule has 4 nitrogen and oxygen atoms in total. The van der Waals surface area contributed by atoms with Crippen LogP contribution in [0.2, 0.25) is 0 Å². The summed E-state index contributed by atoms with van der Waals surface area (Å²) < 4.78 is 5.38. The van der Waals surface area contributed by atoms with Crippen molar-refractivity contribution in [1.29, 1.82) is 0 Å². The number of nitrogen functional groups attached to an aromatic ring is 1. The van der Waals surface area contributed by atoms with Gasteiger partial charge in [-0.2, -0.15) is 0 Å². The van der Waals surface area contributed by atoms with E-state index in [1.165, 1.54) is 0 Å². The summed E-state index contributed by atoms with van der Waals surface area (Å²) in [6.07, 6.45) is 7.69. The van der Waals surface area contributed by atoms with Gasteiger partial charge >= 0.3 is 0 Å². The minimum Gasteiger partial charge on any atom is -0.484 e. The quantitative estimate of drug-likeness (QED) is 0.629. The fraction of sp³-hybridized carbons (Fsp3) is 0.400. The Kier molecular flexibility index (Phi) is 4.84. The molecule has 3 N–H and O–H groups in total. The molecule has 0 aliphatic heterocycles. The van der Waals surface area contributed by atoms with Crippen LogP contribution in [0.15, 0.2) is 36.4 Å². The van der Waals surface area contributed by atoms with Gasteiger partial charge in [-0.1, -0.05) is 18.2 Å². The third-order valence-corrected chi connectivity index (χ3v) is 3.19. The summed E-state index contributed by atoms with van der Waals surface area (Å²) in [4.78, 5) is 11.7. The summed E-state index contributed by atoms with van der Waals surface area (Å²) in [6.45, 7) is 0.759. The zero-order valence-corrected chi connectivity index (χ0v) is 11.0. The number of allylic oxidation sites excluding steroid dienone is 2. The Morgan fingerprint density at radius 1 is 1.42 bits per heavy atom. The van der Waals surface area contributed by atoms with Gasteiger partial charge < -0.3 is 15.8 Å². The maximum atomic E-state index is 11.7. The van der Waals surface area contributed by atoms with E-state index < -0.39 is 0 Å². The van der Waals surface area contributed by atoms with Gasteiger partial charge in [-0.3, -0.25) is 4.79 Å². The Hall–Kier alpha value is -1.97. The van der Waals surface area contributed by atoms with Crippen molar-refractivity contribution < 1.29 is 9.53 Å². The number of benzene rings is 1. The van der Waals surface area contributed by atoms with E-state index in [4.69, 9.17) is 10.5 Å². The molecule has 0 spiro atoms. The standard InChI is InChI=1S/C15H20N2O2/c16-13-7-4-8-14(9-13)19-11-15(18)17-10-12-5-2-1-3-6-12/h1-2,4,7-9,12H,3,5-6,10-11,16H2,(H,17,18). The topological polar surface area (TPSA) is 64.3 Å². The van der Waals surface area contributed by atoms with Crippen molar-refractivity contribution in [1.82, 2.24) is 5.32 Å². The SMILES string of the molecule is Nc1cccc(OCC(=O)NCC2CC=CCC2)c1. The number of carbonyl (C=O) groups excluding carboxylic acids is 1. The highest BCUT2D eigenvalue weighted by Gasteiger charge is 2.11. The van der Waals surface area contributed by atoms with Gasteiger partial charge in [0.1, 0.15) is 5.75 Å². The lowest BCUT2D eigenvalue weighted by Gasteiger charge is -2.18. The predicted molar refractivity (Wildman–Crippen MR) is 75.8 cm³/mol. The van der Waals surface area contributed by atoms with Crippen molar-refractivity contribution in [2.24, 2.45) is 5.92 Å². The summed E-state index contributed by atoms with van der Waals surface area (Å²) >= 11 is 0. The van der Waals surface area contributed by atoms with E-state index in [-0.39, 0.29) is 12.5 Å². The van der Waals surface area contributed by atoms with Crippen molar-refractivity contribution in [3.8, 4) is 5.75 Å². The van der Waals surface area contributed by atoms with Crippen LogP contribution in [-0.4, -0.2) is 19.1 Å². The summed E-state index contributed by atoms with van der Waals surface area (Å²) in [6, 6.07) is 7.08. The molecule has 1 amide bonds.